The Labute approximate surface area is 124 Å². The molecule has 1 unspecified atom stereocenters. The minimum Gasteiger partial charge on any atom is -0.391 e. The van der Waals surface area contributed by atoms with Crippen molar-refractivity contribution in [1.82, 2.24) is 4.31 Å². The molecule has 2 rings (SSSR count). The lowest BCUT2D eigenvalue weighted by Gasteiger charge is -2.31. The van der Waals surface area contributed by atoms with E-state index in [2.05, 4.69) is 0 Å². The second-order valence-electron chi connectivity index (χ2n) is 5.12. The van der Waals surface area contributed by atoms with Crippen molar-refractivity contribution in [1.29, 1.82) is 0 Å². The maximum atomic E-state index is 12.7. The van der Waals surface area contributed by atoms with Crippen molar-refractivity contribution in [2.45, 2.75) is 31.3 Å². The summed E-state index contributed by atoms with van der Waals surface area (Å²) in [6.07, 6.45) is 1.87. The van der Waals surface area contributed by atoms with Crippen LogP contribution in [0.1, 0.15) is 22.6 Å². The summed E-state index contributed by atoms with van der Waals surface area (Å²) in [5, 5.41) is 9.15. The second-order valence-corrected chi connectivity index (χ2v) is 8.37. The van der Waals surface area contributed by atoms with Crippen LogP contribution in [0.25, 0.3) is 0 Å². The second kappa shape index (κ2) is 6.53. The van der Waals surface area contributed by atoms with Crippen molar-refractivity contribution in [2.75, 3.05) is 26.8 Å². The van der Waals surface area contributed by atoms with E-state index in [1.807, 2.05) is 0 Å². The standard InChI is InChI=1S/C13H21NO4S2/c1-10-13(6-12(8-15)19-10)20(16,17)14-5-3-4-11(7-14)9-18-2/h6,11,15H,3-5,7-9H2,1-2H3. The Balaban J connectivity index is 2.22. The first kappa shape index (κ1) is 15.9. The average Bonchev–Trinajstić information content (AvgIpc) is 2.81. The molecule has 1 fully saturated rings. The van der Waals surface area contributed by atoms with Crippen molar-refractivity contribution in [3.8, 4) is 0 Å². The molecule has 114 valence electrons. The van der Waals surface area contributed by atoms with E-state index in [0.29, 0.717) is 29.5 Å². The predicted octanol–water partition coefficient (Wildman–Crippen LogP) is 1.60. The molecule has 7 heteroatoms. The number of rotatable bonds is 5. The third-order valence-corrected chi connectivity index (χ3v) is 6.74. The van der Waals surface area contributed by atoms with E-state index in [0.717, 1.165) is 17.7 Å². The van der Waals surface area contributed by atoms with Gasteiger partial charge in [0, 0.05) is 30.0 Å². The van der Waals surface area contributed by atoms with Crippen molar-refractivity contribution < 1.29 is 18.3 Å². The summed E-state index contributed by atoms with van der Waals surface area (Å²) in [7, 11) is -1.81. The number of nitrogens with zero attached hydrogens (tertiary/aromatic N) is 1. The van der Waals surface area contributed by atoms with Gasteiger partial charge in [-0.1, -0.05) is 0 Å². The number of piperidine rings is 1. The largest absolute Gasteiger partial charge is 0.391 e. The maximum Gasteiger partial charge on any atom is 0.244 e. The molecule has 1 aromatic heterocycles. The lowest BCUT2D eigenvalue weighted by atomic mass is 10.0. The monoisotopic (exact) mass is 319 g/mol. The minimum absolute atomic E-state index is 0.118. The molecule has 0 radical (unpaired) electrons. The third kappa shape index (κ3) is 3.23. The van der Waals surface area contributed by atoms with Crippen LogP contribution in [-0.4, -0.2) is 44.6 Å². The lowest BCUT2D eigenvalue weighted by molar-refractivity contribution is 0.118. The van der Waals surface area contributed by atoms with Gasteiger partial charge in [-0.3, -0.25) is 0 Å². The lowest BCUT2D eigenvalue weighted by Crippen LogP contribution is -2.41. The highest BCUT2D eigenvalue weighted by Gasteiger charge is 2.32. The number of hydrogen-bond donors (Lipinski definition) is 1. The van der Waals surface area contributed by atoms with Crippen LogP contribution in [0.5, 0.6) is 0 Å². The molecule has 1 saturated heterocycles. The van der Waals surface area contributed by atoms with E-state index in [9.17, 15) is 8.42 Å². The van der Waals surface area contributed by atoms with Crippen LogP contribution in [-0.2, 0) is 21.4 Å². The van der Waals surface area contributed by atoms with Crippen LogP contribution in [0.15, 0.2) is 11.0 Å². The molecule has 1 atom stereocenters. The number of sulfonamides is 1. The first-order valence-electron chi connectivity index (χ1n) is 6.68. The molecular weight excluding hydrogens is 298 g/mol. The molecule has 0 spiro atoms. The third-order valence-electron chi connectivity index (χ3n) is 3.58. The maximum absolute atomic E-state index is 12.7. The highest BCUT2D eigenvalue weighted by molar-refractivity contribution is 7.89. The number of hydrogen-bond acceptors (Lipinski definition) is 5. The molecule has 2 heterocycles. The van der Waals surface area contributed by atoms with Gasteiger partial charge in [-0.15, -0.1) is 11.3 Å². The highest BCUT2D eigenvalue weighted by atomic mass is 32.2. The fourth-order valence-corrected chi connectivity index (χ4v) is 5.63. The molecule has 0 saturated carbocycles. The quantitative estimate of drug-likeness (QED) is 0.895. The molecule has 0 bridgehead atoms. The summed E-state index contributed by atoms with van der Waals surface area (Å²) in [6, 6.07) is 1.59. The highest BCUT2D eigenvalue weighted by Crippen LogP contribution is 2.30. The van der Waals surface area contributed by atoms with Gasteiger partial charge in [0.05, 0.1) is 18.1 Å². The van der Waals surface area contributed by atoms with Crippen LogP contribution in [0.2, 0.25) is 0 Å². The number of aliphatic hydroxyl groups excluding tert-OH is 1. The average molecular weight is 319 g/mol. The Bertz CT molecular complexity index is 551. The molecular formula is C13H21NO4S2. The molecule has 1 aliphatic heterocycles. The van der Waals surface area contributed by atoms with Gasteiger partial charge in [0.2, 0.25) is 10.0 Å². The number of aliphatic hydroxyl groups is 1. The van der Waals surface area contributed by atoms with E-state index in [-0.39, 0.29) is 12.5 Å². The Kier molecular flexibility index (Phi) is 5.19. The van der Waals surface area contributed by atoms with Crippen molar-refractivity contribution in [2.24, 2.45) is 5.92 Å². The molecule has 0 aliphatic carbocycles. The molecule has 1 aliphatic rings. The van der Waals surface area contributed by atoms with Gasteiger partial charge < -0.3 is 9.84 Å². The van der Waals surface area contributed by atoms with Crippen LogP contribution < -0.4 is 0 Å². The van der Waals surface area contributed by atoms with E-state index >= 15 is 0 Å². The van der Waals surface area contributed by atoms with Crippen LogP contribution in [0.3, 0.4) is 0 Å². The van der Waals surface area contributed by atoms with Gasteiger partial charge in [0.25, 0.3) is 0 Å². The Morgan fingerprint density at radius 2 is 2.30 bits per heavy atom. The number of aryl methyl sites for hydroxylation is 1. The number of thiophene rings is 1. The van der Waals surface area contributed by atoms with Gasteiger partial charge in [0.15, 0.2) is 0 Å². The first-order chi connectivity index (χ1) is 9.48. The van der Waals surface area contributed by atoms with Gasteiger partial charge in [-0.05, 0) is 31.7 Å². The summed E-state index contributed by atoms with van der Waals surface area (Å²) in [4.78, 5) is 1.76. The van der Waals surface area contributed by atoms with Crippen molar-refractivity contribution >= 4 is 21.4 Å². The van der Waals surface area contributed by atoms with Crippen LogP contribution in [0.4, 0.5) is 0 Å². The minimum atomic E-state index is -3.46. The molecule has 5 nitrogen and oxygen atoms in total. The van der Waals surface area contributed by atoms with E-state index in [1.54, 1.807) is 24.4 Å². The molecule has 0 aromatic carbocycles. The summed E-state index contributed by atoms with van der Waals surface area (Å²) in [5.74, 6) is 0.264. The normalized spacial score (nSPS) is 21.2. The van der Waals surface area contributed by atoms with Crippen molar-refractivity contribution in [3.63, 3.8) is 0 Å². The van der Waals surface area contributed by atoms with E-state index in [4.69, 9.17) is 9.84 Å². The Hall–Kier alpha value is -0.470. The fraction of sp³-hybridized carbons (Fsp3) is 0.692. The molecule has 0 amide bonds. The molecule has 20 heavy (non-hydrogen) atoms. The van der Waals surface area contributed by atoms with Crippen LogP contribution in [0, 0.1) is 12.8 Å². The predicted molar refractivity (Wildman–Crippen MR) is 78.3 cm³/mol. The summed E-state index contributed by atoms with van der Waals surface area (Å²) in [6.45, 7) is 3.34. The van der Waals surface area contributed by atoms with Gasteiger partial charge in [-0.25, -0.2) is 8.42 Å². The first-order valence-corrected chi connectivity index (χ1v) is 8.94. The molecule has 1 N–H and O–H groups in total. The topological polar surface area (TPSA) is 66.8 Å². The summed E-state index contributed by atoms with van der Waals surface area (Å²) in [5.41, 5.74) is 0. The van der Waals surface area contributed by atoms with Gasteiger partial charge >= 0.3 is 0 Å². The SMILES string of the molecule is COCC1CCCN(S(=O)(=O)c2cc(CO)sc2C)C1. The van der Waals surface area contributed by atoms with Gasteiger partial charge in [0.1, 0.15) is 0 Å². The Morgan fingerprint density at radius 3 is 2.90 bits per heavy atom. The zero-order chi connectivity index (χ0) is 14.8. The summed E-state index contributed by atoms with van der Waals surface area (Å²) < 4.78 is 32.1. The molecule has 1 aromatic rings. The zero-order valence-electron chi connectivity index (χ0n) is 11.8. The fourth-order valence-electron chi connectivity index (χ4n) is 2.61. The van der Waals surface area contributed by atoms with E-state index in [1.165, 1.54) is 11.3 Å². The smallest absolute Gasteiger partial charge is 0.244 e. The zero-order valence-corrected chi connectivity index (χ0v) is 13.5. The number of methoxy groups -OCH3 is 1. The van der Waals surface area contributed by atoms with Crippen molar-refractivity contribution in [3.05, 3.63) is 15.8 Å². The van der Waals surface area contributed by atoms with Crippen LogP contribution >= 0.6 is 11.3 Å². The van der Waals surface area contributed by atoms with E-state index < -0.39 is 10.0 Å². The van der Waals surface area contributed by atoms with Gasteiger partial charge in [-0.2, -0.15) is 4.31 Å². The summed E-state index contributed by atoms with van der Waals surface area (Å²) >= 11 is 1.34. The Morgan fingerprint density at radius 1 is 1.55 bits per heavy atom. The number of ether oxygens (including phenoxy) is 1.